The van der Waals surface area contributed by atoms with Crippen LogP contribution in [0.5, 0.6) is 0 Å². The number of carbonyl (C=O) groups is 2. The first kappa shape index (κ1) is 20.8. The lowest BCUT2D eigenvalue weighted by atomic mass is 10.1. The average molecular weight is 431 g/mol. The van der Waals surface area contributed by atoms with Gasteiger partial charge in [0.25, 0.3) is 5.91 Å². The van der Waals surface area contributed by atoms with Crippen LogP contribution in [0.4, 0.5) is 23.7 Å². The summed E-state index contributed by atoms with van der Waals surface area (Å²) in [5.41, 5.74) is 0.121. The van der Waals surface area contributed by atoms with Crippen LogP contribution in [0.25, 0.3) is 11.0 Å². The van der Waals surface area contributed by atoms with Gasteiger partial charge in [-0.2, -0.15) is 13.2 Å². The normalized spacial score (nSPS) is 17.1. The summed E-state index contributed by atoms with van der Waals surface area (Å²) in [4.78, 5) is 28.6. The van der Waals surface area contributed by atoms with E-state index in [-0.39, 0.29) is 23.4 Å². The van der Waals surface area contributed by atoms with Gasteiger partial charge in [-0.15, -0.1) is 0 Å². The third-order valence-corrected chi connectivity index (χ3v) is 5.28. The van der Waals surface area contributed by atoms with Crippen LogP contribution in [-0.4, -0.2) is 47.4 Å². The Morgan fingerprint density at radius 1 is 1.06 bits per heavy atom. The minimum Gasteiger partial charge on any atom is -0.451 e. The Labute approximate surface area is 176 Å². The molecule has 31 heavy (non-hydrogen) atoms. The van der Waals surface area contributed by atoms with Gasteiger partial charge >= 0.3 is 12.2 Å². The molecule has 2 heterocycles. The number of para-hydroxylation sites is 1. The Balaban J connectivity index is 1.38. The van der Waals surface area contributed by atoms with Crippen molar-refractivity contribution in [2.24, 2.45) is 0 Å². The van der Waals surface area contributed by atoms with Gasteiger partial charge in [-0.25, -0.2) is 4.79 Å². The minimum atomic E-state index is -4.43. The second-order valence-electron chi connectivity index (χ2n) is 7.45. The number of nitrogens with zero attached hydrogens (tertiary/aromatic N) is 2. The maximum Gasteiger partial charge on any atom is 0.416 e. The highest BCUT2D eigenvalue weighted by molar-refractivity contribution is 5.96. The lowest BCUT2D eigenvalue weighted by Crippen LogP contribution is -2.56. The van der Waals surface area contributed by atoms with E-state index in [1.807, 2.05) is 25.1 Å². The lowest BCUT2D eigenvalue weighted by molar-refractivity contribution is -0.137. The molecule has 1 unspecified atom stereocenters. The van der Waals surface area contributed by atoms with Crippen molar-refractivity contribution >= 4 is 28.6 Å². The number of benzene rings is 2. The first-order valence-corrected chi connectivity index (χ1v) is 9.75. The number of rotatable bonds is 2. The van der Waals surface area contributed by atoms with E-state index in [1.165, 1.54) is 12.1 Å². The zero-order chi connectivity index (χ0) is 22.2. The van der Waals surface area contributed by atoms with Crippen LogP contribution < -0.4 is 5.32 Å². The molecule has 1 N–H and O–H groups in total. The Bertz CT molecular complexity index is 1080. The largest absolute Gasteiger partial charge is 0.451 e. The predicted octanol–water partition coefficient (Wildman–Crippen LogP) is 4.83. The van der Waals surface area contributed by atoms with Crippen molar-refractivity contribution in [1.82, 2.24) is 9.80 Å². The minimum absolute atomic E-state index is 0.245. The van der Waals surface area contributed by atoms with Gasteiger partial charge in [0.2, 0.25) is 0 Å². The summed E-state index contributed by atoms with van der Waals surface area (Å²) in [6.45, 7) is 2.74. The van der Waals surface area contributed by atoms with E-state index in [2.05, 4.69) is 5.32 Å². The molecule has 1 saturated heterocycles. The van der Waals surface area contributed by atoms with Gasteiger partial charge in [0.05, 0.1) is 5.56 Å². The zero-order valence-corrected chi connectivity index (χ0v) is 16.6. The number of furan rings is 1. The van der Waals surface area contributed by atoms with E-state index in [0.717, 1.165) is 17.5 Å². The van der Waals surface area contributed by atoms with Gasteiger partial charge in [0.1, 0.15) is 5.58 Å². The lowest BCUT2D eigenvalue weighted by Gasteiger charge is -2.39. The highest BCUT2D eigenvalue weighted by Crippen LogP contribution is 2.30. The first-order chi connectivity index (χ1) is 14.7. The van der Waals surface area contributed by atoms with E-state index in [9.17, 15) is 22.8 Å². The Morgan fingerprint density at radius 3 is 2.42 bits per heavy atom. The highest BCUT2D eigenvalue weighted by atomic mass is 19.4. The Morgan fingerprint density at radius 2 is 1.77 bits per heavy atom. The quantitative estimate of drug-likeness (QED) is 0.632. The Kier molecular flexibility index (Phi) is 5.34. The second-order valence-corrected chi connectivity index (χ2v) is 7.45. The first-order valence-electron chi connectivity index (χ1n) is 9.75. The van der Waals surface area contributed by atoms with Crippen molar-refractivity contribution in [3.63, 3.8) is 0 Å². The van der Waals surface area contributed by atoms with Crippen molar-refractivity contribution in [2.45, 2.75) is 19.1 Å². The zero-order valence-electron chi connectivity index (χ0n) is 16.6. The van der Waals surface area contributed by atoms with Crippen LogP contribution in [0, 0.1) is 0 Å². The van der Waals surface area contributed by atoms with E-state index >= 15 is 0 Å². The number of hydrogen-bond acceptors (Lipinski definition) is 3. The molecule has 1 aliphatic rings. The summed E-state index contributed by atoms with van der Waals surface area (Å²) >= 11 is 0. The molecule has 0 radical (unpaired) electrons. The number of nitrogens with one attached hydrogen (secondary N) is 1. The molecule has 0 aliphatic carbocycles. The topological polar surface area (TPSA) is 65.8 Å². The van der Waals surface area contributed by atoms with Crippen LogP contribution in [0.3, 0.4) is 0 Å². The SMILES string of the molecule is CC1CN(C(=O)c2cc3ccccc3o2)CCN1C(=O)Nc1ccc(C(F)(F)F)cc1. The number of anilines is 1. The van der Waals surface area contributed by atoms with Gasteiger partial charge in [-0.1, -0.05) is 18.2 Å². The molecular weight excluding hydrogens is 411 g/mol. The number of carbonyl (C=O) groups excluding carboxylic acids is 2. The van der Waals surface area contributed by atoms with Crippen molar-refractivity contribution in [3.05, 3.63) is 65.9 Å². The average Bonchev–Trinajstić information content (AvgIpc) is 3.17. The summed E-state index contributed by atoms with van der Waals surface area (Å²) in [5, 5.41) is 3.45. The van der Waals surface area contributed by atoms with Crippen LogP contribution in [0.2, 0.25) is 0 Å². The van der Waals surface area contributed by atoms with Crippen LogP contribution >= 0.6 is 0 Å². The molecule has 1 atom stereocenters. The molecule has 2 aromatic carbocycles. The fourth-order valence-electron chi connectivity index (χ4n) is 3.62. The number of hydrogen-bond donors (Lipinski definition) is 1. The van der Waals surface area contributed by atoms with Crippen molar-refractivity contribution in [3.8, 4) is 0 Å². The fourth-order valence-corrected chi connectivity index (χ4v) is 3.62. The summed E-state index contributed by atoms with van der Waals surface area (Å²) in [7, 11) is 0. The van der Waals surface area contributed by atoms with Crippen molar-refractivity contribution < 1.29 is 27.2 Å². The van der Waals surface area contributed by atoms with Gasteiger partial charge in [0, 0.05) is 36.7 Å². The summed E-state index contributed by atoms with van der Waals surface area (Å²) in [6.07, 6.45) is -4.43. The van der Waals surface area contributed by atoms with Crippen molar-refractivity contribution in [2.75, 3.05) is 25.0 Å². The molecule has 1 aliphatic heterocycles. The second kappa shape index (κ2) is 7.98. The number of amides is 3. The molecule has 6 nitrogen and oxygen atoms in total. The molecular formula is C22H20F3N3O3. The van der Waals surface area contributed by atoms with Gasteiger partial charge in [0.15, 0.2) is 5.76 Å². The molecule has 9 heteroatoms. The van der Waals surface area contributed by atoms with Gasteiger partial charge in [-0.3, -0.25) is 4.79 Å². The third-order valence-electron chi connectivity index (χ3n) is 5.28. The molecule has 0 saturated carbocycles. The van der Waals surface area contributed by atoms with Crippen molar-refractivity contribution in [1.29, 1.82) is 0 Å². The van der Waals surface area contributed by atoms with E-state index in [1.54, 1.807) is 21.9 Å². The van der Waals surface area contributed by atoms with E-state index in [4.69, 9.17) is 4.42 Å². The van der Waals surface area contributed by atoms with E-state index in [0.29, 0.717) is 25.2 Å². The standard InChI is InChI=1S/C22H20F3N3O3/c1-14-13-27(20(29)19-12-15-4-2-3-5-18(15)31-19)10-11-28(14)21(30)26-17-8-6-16(7-9-17)22(23,24)25/h2-9,12,14H,10-11,13H2,1H3,(H,26,30). The van der Waals surface area contributed by atoms with Gasteiger partial charge in [-0.05, 0) is 43.3 Å². The number of alkyl halides is 3. The Hall–Kier alpha value is -3.49. The molecule has 3 aromatic rings. The van der Waals surface area contributed by atoms with Crippen LogP contribution in [-0.2, 0) is 6.18 Å². The molecule has 3 amide bonds. The smallest absolute Gasteiger partial charge is 0.416 e. The number of fused-ring (bicyclic) bond motifs is 1. The fraction of sp³-hybridized carbons (Fsp3) is 0.273. The predicted molar refractivity (Wildman–Crippen MR) is 109 cm³/mol. The molecule has 0 bridgehead atoms. The molecule has 1 aromatic heterocycles. The maximum atomic E-state index is 12.8. The number of halogens is 3. The highest BCUT2D eigenvalue weighted by Gasteiger charge is 2.32. The van der Waals surface area contributed by atoms with Gasteiger partial charge < -0.3 is 19.5 Å². The summed E-state index contributed by atoms with van der Waals surface area (Å²) < 4.78 is 43.7. The molecule has 1 fully saturated rings. The molecule has 4 rings (SSSR count). The maximum absolute atomic E-state index is 12.8. The third kappa shape index (κ3) is 4.35. The molecule has 0 spiro atoms. The molecule has 162 valence electrons. The van der Waals surface area contributed by atoms with Crippen LogP contribution in [0.15, 0.2) is 59.0 Å². The summed E-state index contributed by atoms with van der Waals surface area (Å²) in [5.74, 6) is 0.00176. The summed E-state index contributed by atoms with van der Waals surface area (Å²) in [6, 6.07) is 12.6. The van der Waals surface area contributed by atoms with Crippen LogP contribution in [0.1, 0.15) is 23.0 Å². The number of piperazine rings is 1. The van der Waals surface area contributed by atoms with E-state index < -0.39 is 17.8 Å². The number of urea groups is 1. The monoisotopic (exact) mass is 431 g/mol.